The van der Waals surface area contributed by atoms with Crippen LogP contribution in [-0.4, -0.2) is 58.8 Å². The zero-order valence-corrected chi connectivity index (χ0v) is 18.9. The van der Waals surface area contributed by atoms with Crippen molar-refractivity contribution in [2.24, 2.45) is 0 Å². The Balaban J connectivity index is 1.53. The van der Waals surface area contributed by atoms with Crippen LogP contribution in [0.1, 0.15) is 10.4 Å². The number of rotatable bonds is 6. The van der Waals surface area contributed by atoms with Gasteiger partial charge in [-0.25, -0.2) is 4.39 Å². The summed E-state index contributed by atoms with van der Waals surface area (Å²) in [5, 5.41) is 7.99. The number of nitrogens with zero attached hydrogens (tertiary/aromatic N) is 3. The average molecular weight is 469 g/mol. The normalized spacial score (nSPS) is 15.4. The van der Waals surface area contributed by atoms with E-state index in [1.54, 1.807) is 6.20 Å². The van der Waals surface area contributed by atoms with Crippen LogP contribution in [-0.2, 0) is 6.54 Å². The van der Waals surface area contributed by atoms with Crippen LogP contribution < -0.4 is 9.47 Å². The number of benzene rings is 2. The maximum atomic E-state index is 13.6. The predicted octanol–water partition coefficient (Wildman–Crippen LogP) is 4.41. The molecule has 3 heterocycles. The van der Waals surface area contributed by atoms with Crippen molar-refractivity contribution in [2.75, 3.05) is 27.2 Å². The minimum Gasteiger partial charge on any atom is -0.485 e. The fourth-order valence-corrected chi connectivity index (χ4v) is 4.18. The summed E-state index contributed by atoms with van der Waals surface area (Å²) in [7, 11) is 4.00. The molecule has 2 aromatic carbocycles. The highest BCUT2D eigenvalue weighted by Crippen LogP contribution is 2.35. The van der Waals surface area contributed by atoms with E-state index in [0.717, 1.165) is 28.6 Å². The van der Waals surface area contributed by atoms with Crippen LogP contribution in [0.5, 0.6) is 11.5 Å². The summed E-state index contributed by atoms with van der Waals surface area (Å²) in [6, 6.07) is 9.85. The molecule has 1 aliphatic rings. The lowest BCUT2D eigenvalue weighted by atomic mass is 10.0. The van der Waals surface area contributed by atoms with Crippen molar-refractivity contribution < 1.29 is 18.7 Å². The van der Waals surface area contributed by atoms with Crippen molar-refractivity contribution in [3.63, 3.8) is 0 Å². The standard InChI is InChI=1S/C24H22ClFN4O3/c1-29(2)7-8-30-12-18(16-5-3-14(9-19(16)30)17-11-27-28-24(17)25)23(31)22-13-32-20-6-4-15(26)10-21(20)33-22/h3-6,9-12,22H,7-8,13H2,1-2H3,(H,27,28). The largest absolute Gasteiger partial charge is 0.485 e. The summed E-state index contributed by atoms with van der Waals surface area (Å²) in [6.07, 6.45) is 2.66. The first kappa shape index (κ1) is 21.5. The van der Waals surface area contributed by atoms with Gasteiger partial charge in [-0.3, -0.25) is 9.89 Å². The third-order valence-corrected chi connectivity index (χ3v) is 5.99. The van der Waals surface area contributed by atoms with Gasteiger partial charge in [0, 0.05) is 47.4 Å². The second-order valence-corrected chi connectivity index (χ2v) is 8.62. The van der Waals surface area contributed by atoms with Gasteiger partial charge in [-0.05, 0) is 37.9 Å². The van der Waals surface area contributed by atoms with Gasteiger partial charge >= 0.3 is 0 Å². The Morgan fingerprint density at radius 3 is 2.88 bits per heavy atom. The minimum absolute atomic E-state index is 0.0601. The molecule has 0 bridgehead atoms. The van der Waals surface area contributed by atoms with E-state index in [4.69, 9.17) is 21.1 Å². The summed E-state index contributed by atoms with van der Waals surface area (Å²) >= 11 is 6.23. The van der Waals surface area contributed by atoms with Gasteiger partial charge < -0.3 is 18.9 Å². The van der Waals surface area contributed by atoms with Gasteiger partial charge in [-0.2, -0.15) is 5.10 Å². The zero-order valence-electron chi connectivity index (χ0n) is 18.1. The first-order chi connectivity index (χ1) is 15.9. The van der Waals surface area contributed by atoms with Gasteiger partial charge in [-0.1, -0.05) is 23.7 Å². The van der Waals surface area contributed by atoms with E-state index in [0.29, 0.717) is 23.0 Å². The van der Waals surface area contributed by atoms with E-state index in [1.807, 2.05) is 38.5 Å². The lowest BCUT2D eigenvalue weighted by Crippen LogP contribution is -2.36. The second-order valence-electron chi connectivity index (χ2n) is 8.24. The third-order valence-electron chi connectivity index (χ3n) is 5.70. The molecule has 1 aliphatic heterocycles. The van der Waals surface area contributed by atoms with E-state index in [9.17, 15) is 9.18 Å². The molecule has 170 valence electrons. The summed E-state index contributed by atoms with van der Waals surface area (Å²) in [4.78, 5) is 15.5. The molecule has 7 nitrogen and oxygen atoms in total. The number of fused-ring (bicyclic) bond motifs is 2. The molecule has 0 radical (unpaired) electrons. The summed E-state index contributed by atoms with van der Waals surface area (Å²) in [5.41, 5.74) is 3.11. The molecule has 4 aromatic rings. The Labute approximate surface area is 194 Å². The number of ether oxygens (including phenoxy) is 2. The molecule has 0 fully saturated rings. The molecule has 9 heteroatoms. The molecule has 5 rings (SSSR count). The molecule has 0 aliphatic carbocycles. The lowest BCUT2D eigenvalue weighted by Gasteiger charge is -2.25. The van der Waals surface area contributed by atoms with Crippen molar-refractivity contribution >= 4 is 28.3 Å². The molecule has 1 N–H and O–H groups in total. The Bertz CT molecular complexity index is 1350. The van der Waals surface area contributed by atoms with Crippen molar-refractivity contribution in [1.29, 1.82) is 0 Å². The summed E-state index contributed by atoms with van der Waals surface area (Å²) in [6.45, 7) is 1.55. The average Bonchev–Trinajstić information content (AvgIpc) is 3.39. The fourth-order valence-electron chi connectivity index (χ4n) is 3.97. The van der Waals surface area contributed by atoms with Gasteiger partial charge in [0.2, 0.25) is 5.78 Å². The van der Waals surface area contributed by atoms with Gasteiger partial charge in [0.1, 0.15) is 17.6 Å². The van der Waals surface area contributed by atoms with Crippen molar-refractivity contribution in [2.45, 2.75) is 12.6 Å². The van der Waals surface area contributed by atoms with Crippen molar-refractivity contribution in [3.8, 4) is 22.6 Å². The quantitative estimate of drug-likeness (QED) is 0.424. The number of ketones is 1. The van der Waals surface area contributed by atoms with Crippen LogP contribution in [0.3, 0.4) is 0 Å². The van der Waals surface area contributed by atoms with E-state index in [-0.39, 0.29) is 18.1 Å². The van der Waals surface area contributed by atoms with Crippen LogP contribution in [0.15, 0.2) is 48.8 Å². The molecule has 1 unspecified atom stereocenters. The number of nitrogens with one attached hydrogen (secondary N) is 1. The number of aromatic nitrogens is 3. The molecule has 0 amide bonds. The van der Waals surface area contributed by atoms with Gasteiger partial charge in [-0.15, -0.1) is 0 Å². The molecular formula is C24H22ClFN4O3. The highest BCUT2D eigenvalue weighted by atomic mass is 35.5. The van der Waals surface area contributed by atoms with E-state index >= 15 is 0 Å². The maximum Gasteiger partial charge on any atom is 0.209 e. The summed E-state index contributed by atoms with van der Waals surface area (Å²) < 4.78 is 27.2. The van der Waals surface area contributed by atoms with Crippen LogP contribution in [0.25, 0.3) is 22.0 Å². The number of aromatic amines is 1. The second kappa shape index (κ2) is 8.53. The molecule has 0 spiro atoms. The Hall–Kier alpha value is -3.36. The van der Waals surface area contributed by atoms with Crippen LogP contribution in [0.2, 0.25) is 5.15 Å². The molecule has 2 aromatic heterocycles. The van der Waals surface area contributed by atoms with Crippen LogP contribution >= 0.6 is 11.6 Å². The van der Waals surface area contributed by atoms with Crippen LogP contribution in [0.4, 0.5) is 4.39 Å². The number of hydrogen-bond donors (Lipinski definition) is 1. The van der Waals surface area contributed by atoms with E-state index < -0.39 is 11.9 Å². The first-order valence-corrected chi connectivity index (χ1v) is 10.9. The number of H-pyrrole nitrogens is 1. The topological polar surface area (TPSA) is 72.4 Å². The number of carbonyl (C=O) groups excluding carboxylic acids is 1. The maximum absolute atomic E-state index is 13.6. The highest BCUT2D eigenvalue weighted by molar-refractivity contribution is 6.32. The van der Waals surface area contributed by atoms with Gasteiger partial charge in [0.15, 0.2) is 17.6 Å². The molecule has 0 saturated heterocycles. The van der Waals surface area contributed by atoms with Crippen molar-refractivity contribution in [3.05, 3.63) is 65.3 Å². The van der Waals surface area contributed by atoms with Gasteiger partial charge in [0.25, 0.3) is 0 Å². The Morgan fingerprint density at radius 2 is 2.12 bits per heavy atom. The molecule has 33 heavy (non-hydrogen) atoms. The molecular weight excluding hydrogens is 447 g/mol. The Kier molecular flexibility index (Phi) is 5.55. The number of carbonyl (C=O) groups is 1. The molecule has 1 atom stereocenters. The zero-order chi connectivity index (χ0) is 23.1. The minimum atomic E-state index is -0.866. The van der Waals surface area contributed by atoms with Crippen molar-refractivity contribution in [1.82, 2.24) is 19.7 Å². The summed E-state index contributed by atoms with van der Waals surface area (Å²) in [5.74, 6) is -0.00731. The third kappa shape index (κ3) is 4.07. The number of Topliss-reactive ketones (excluding diaryl/α,β-unsaturated/α-hetero) is 1. The number of likely N-dealkylation sites (N-methyl/N-ethyl adjacent to an activating group) is 1. The highest BCUT2D eigenvalue weighted by Gasteiger charge is 2.31. The van der Waals surface area contributed by atoms with E-state index in [2.05, 4.69) is 19.7 Å². The fraction of sp³-hybridized carbons (Fsp3) is 0.250. The monoisotopic (exact) mass is 468 g/mol. The predicted molar refractivity (Wildman–Crippen MR) is 124 cm³/mol. The number of hydrogen-bond acceptors (Lipinski definition) is 5. The molecule has 0 saturated carbocycles. The van der Waals surface area contributed by atoms with Crippen LogP contribution in [0, 0.1) is 5.82 Å². The van der Waals surface area contributed by atoms with E-state index in [1.165, 1.54) is 18.2 Å². The van der Waals surface area contributed by atoms with Gasteiger partial charge in [0.05, 0.1) is 6.20 Å². The lowest BCUT2D eigenvalue weighted by molar-refractivity contribution is 0.0585. The SMILES string of the molecule is CN(C)CCn1cc(C(=O)C2COc3ccc(F)cc3O2)c2ccc(-c3cn[nH]c3Cl)cc21. The Morgan fingerprint density at radius 1 is 1.27 bits per heavy atom. The smallest absolute Gasteiger partial charge is 0.209 e. The first-order valence-electron chi connectivity index (χ1n) is 10.5. The number of halogens is 2.